The quantitative estimate of drug-likeness (QED) is 0.659. The van der Waals surface area contributed by atoms with Gasteiger partial charge in [0.05, 0.1) is 18.7 Å². The number of ether oxygens (including phenoxy) is 1. The molecular weight excluding hydrogens is 378 g/mol. The first-order valence-electron chi connectivity index (χ1n) is 9.06. The molecule has 7 nitrogen and oxygen atoms in total. The average molecular weight is 401 g/mol. The van der Waals surface area contributed by atoms with Crippen LogP contribution in [0, 0.1) is 6.92 Å². The van der Waals surface area contributed by atoms with Gasteiger partial charge < -0.3 is 10.1 Å². The number of nitrogens with zero attached hydrogens (tertiary/aromatic N) is 2. The molecule has 0 saturated carbocycles. The fourth-order valence-corrected chi connectivity index (χ4v) is 4.03. The van der Waals surface area contributed by atoms with E-state index >= 15 is 0 Å². The van der Waals surface area contributed by atoms with Crippen LogP contribution < -0.4 is 16.6 Å². The molecular formula is C20H23N3O4S. The molecule has 3 rings (SSSR count). The van der Waals surface area contributed by atoms with Gasteiger partial charge in [0.25, 0.3) is 5.56 Å². The Bertz CT molecular complexity index is 1130. The summed E-state index contributed by atoms with van der Waals surface area (Å²) < 4.78 is 7.93. The highest BCUT2D eigenvalue weighted by atomic mass is 32.1. The zero-order valence-electron chi connectivity index (χ0n) is 16.2. The van der Waals surface area contributed by atoms with Crippen LogP contribution in [0.1, 0.15) is 18.1 Å². The highest BCUT2D eigenvalue weighted by Gasteiger charge is 2.17. The summed E-state index contributed by atoms with van der Waals surface area (Å²) in [5, 5.41) is 4.68. The summed E-state index contributed by atoms with van der Waals surface area (Å²) in [6, 6.07) is 7.55. The summed E-state index contributed by atoms with van der Waals surface area (Å²) in [6.07, 6.45) is 0.786. The molecule has 1 N–H and O–H groups in total. The van der Waals surface area contributed by atoms with E-state index in [2.05, 4.69) is 5.32 Å². The Morgan fingerprint density at radius 1 is 1.21 bits per heavy atom. The number of methoxy groups -OCH3 is 1. The van der Waals surface area contributed by atoms with Crippen molar-refractivity contribution < 1.29 is 9.53 Å². The number of para-hydroxylation sites is 1. The molecule has 28 heavy (non-hydrogen) atoms. The summed E-state index contributed by atoms with van der Waals surface area (Å²) >= 11 is 1.26. The molecule has 0 spiro atoms. The number of anilines is 1. The number of hydrogen-bond acceptors (Lipinski definition) is 5. The molecule has 0 saturated heterocycles. The predicted octanol–water partition coefficient (Wildman–Crippen LogP) is 2.38. The number of aryl methyl sites for hydroxylation is 2. The van der Waals surface area contributed by atoms with E-state index in [9.17, 15) is 14.4 Å². The van der Waals surface area contributed by atoms with Gasteiger partial charge in [0.1, 0.15) is 11.2 Å². The lowest BCUT2D eigenvalue weighted by Gasteiger charge is -2.15. The first-order chi connectivity index (χ1) is 13.5. The first kappa shape index (κ1) is 20.0. The maximum absolute atomic E-state index is 12.9. The van der Waals surface area contributed by atoms with Gasteiger partial charge >= 0.3 is 5.69 Å². The molecule has 2 heterocycles. The van der Waals surface area contributed by atoms with Crippen LogP contribution in [-0.4, -0.2) is 28.8 Å². The Morgan fingerprint density at radius 2 is 2.00 bits per heavy atom. The SMILES string of the molecule is CCc1cccc(C)c1NC(=O)Cn1c(=O)n(CCOC)c(=O)c2sccc21. The van der Waals surface area contributed by atoms with Crippen molar-refractivity contribution in [3.05, 3.63) is 61.6 Å². The van der Waals surface area contributed by atoms with E-state index in [0.29, 0.717) is 10.2 Å². The summed E-state index contributed by atoms with van der Waals surface area (Å²) in [7, 11) is 1.51. The molecule has 0 atom stereocenters. The minimum Gasteiger partial charge on any atom is -0.383 e. The van der Waals surface area contributed by atoms with Gasteiger partial charge in [-0.2, -0.15) is 0 Å². The third-order valence-corrected chi connectivity index (χ3v) is 5.55. The highest BCUT2D eigenvalue weighted by molar-refractivity contribution is 7.17. The van der Waals surface area contributed by atoms with E-state index in [0.717, 1.165) is 27.8 Å². The lowest BCUT2D eigenvalue weighted by atomic mass is 10.1. The van der Waals surface area contributed by atoms with E-state index in [4.69, 9.17) is 4.74 Å². The summed E-state index contributed by atoms with van der Waals surface area (Å²) in [5.74, 6) is -0.310. The van der Waals surface area contributed by atoms with Crippen LogP contribution in [0.2, 0.25) is 0 Å². The van der Waals surface area contributed by atoms with Gasteiger partial charge in [-0.15, -0.1) is 11.3 Å². The molecule has 148 valence electrons. The largest absolute Gasteiger partial charge is 0.383 e. The van der Waals surface area contributed by atoms with Crippen LogP contribution in [-0.2, 0) is 29.0 Å². The molecule has 0 aliphatic rings. The van der Waals surface area contributed by atoms with E-state index in [-0.39, 0.29) is 31.2 Å². The Hall–Kier alpha value is -2.71. The van der Waals surface area contributed by atoms with Crippen molar-refractivity contribution in [2.24, 2.45) is 0 Å². The third kappa shape index (κ3) is 3.79. The lowest BCUT2D eigenvalue weighted by Crippen LogP contribution is -2.42. The van der Waals surface area contributed by atoms with Gasteiger partial charge in [0.2, 0.25) is 5.91 Å². The van der Waals surface area contributed by atoms with E-state index in [1.165, 1.54) is 23.0 Å². The number of hydrogen-bond donors (Lipinski definition) is 1. The number of amides is 1. The number of aromatic nitrogens is 2. The minimum atomic E-state index is -0.511. The molecule has 0 radical (unpaired) electrons. The fraction of sp³-hybridized carbons (Fsp3) is 0.350. The van der Waals surface area contributed by atoms with E-state index < -0.39 is 5.69 Å². The lowest BCUT2D eigenvalue weighted by molar-refractivity contribution is -0.116. The normalized spacial score (nSPS) is 11.1. The van der Waals surface area contributed by atoms with E-state index in [1.54, 1.807) is 11.4 Å². The van der Waals surface area contributed by atoms with Gasteiger partial charge in [-0.1, -0.05) is 25.1 Å². The van der Waals surface area contributed by atoms with Crippen molar-refractivity contribution >= 4 is 33.1 Å². The van der Waals surface area contributed by atoms with Crippen LogP contribution in [0.4, 0.5) is 5.69 Å². The Kier molecular flexibility index (Phi) is 6.11. The number of thiophene rings is 1. The van der Waals surface area contributed by atoms with Crippen molar-refractivity contribution in [3.8, 4) is 0 Å². The van der Waals surface area contributed by atoms with E-state index in [1.807, 2.05) is 32.0 Å². The van der Waals surface area contributed by atoms with Gasteiger partial charge in [-0.3, -0.25) is 18.7 Å². The second-order valence-corrected chi connectivity index (χ2v) is 7.38. The molecule has 1 aromatic carbocycles. The summed E-state index contributed by atoms with van der Waals surface area (Å²) in [6.45, 7) is 4.16. The molecule has 0 bridgehead atoms. The minimum absolute atomic E-state index is 0.140. The Labute approximate surface area is 166 Å². The van der Waals surface area contributed by atoms with Crippen molar-refractivity contribution in [2.45, 2.75) is 33.4 Å². The number of nitrogens with one attached hydrogen (secondary N) is 1. The van der Waals surface area contributed by atoms with Crippen LogP contribution in [0.3, 0.4) is 0 Å². The predicted molar refractivity (Wildman–Crippen MR) is 111 cm³/mol. The average Bonchev–Trinajstić information content (AvgIpc) is 3.16. The van der Waals surface area contributed by atoms with Crippen molar-refractivity contribution in [2.75, 3.05) is 19.0 Å². The van der Waals surface area contributed by atoms with Gasteiger partial charge in [0.15, 0.2) is 0 Å². The summed E-state index contributed by atoms with van der Waals surface area (Å²) in [4.78, 5) is 38.2. The number of carbonyl (C=O) groups excluding carboxylic acids is 1. The van der Waals surface area contributed by atoms with Crippen LogP contribution in [0.15, 0.2) is 39.2 Å². The standard InChI is InChI=1S/C20H23N3O4S/c1-4-14-7-5-6-13(2)17(14)21-16(24)12-23-15-8-11-28-18(15)19(25)22(20(23)26)9-10-27-3/h5-8,11H,4,9-10,12H2,1-3H3,(H,21,24). The van der Waals surface area contributed by atoms with Crippen LogP contribution in [0.5, 0.6) is 0 Å². The fourth-order valence-electron chi connectivity index (χ4n) is 3.19. The monoisotopic (exact) mass is 401 g/mol. The molecule has 0 fully saturated rings. The van der Waals surface area contributed by atoms with Crippen molar-refractivity contribution in [1.82, 2.24) is 9.13 Å². The van der Waals surface area contributed by atoms with Crippen molar-refractivity contribution in [1.29, 1.82) is 0 Å². The molecule has 0 aliphatic carbocycles. The first-order valence-corrected chi connectivity index (χ1v) is 9.94. The second-order valence-electron chi connectivity index (χ2n) is 6.46. The molecule has 1 amide bonds. The topological polar surface area (TPSA) is 82.3 Å². The molecule has 3 aromatic rings. The van der Waals surface area contributed by atoms with Crippen LogP contribution >= 0.6 is 11.3 Å². The van der Waals surface area contributed by atoms with Gasteiger partial charge in [-0.05, 0) is 35.9 Å². The van der Waals surface area contributed by atoms with Crippen LogP contribution in [0.25, 0.3) is 10.2 Å². The molecule has 0 aliphatic heterocycles. The maximum Gasteiger partial charge on any atom is 0.332 e. The highest BCUT2D eigenvalue weighted by Crippen LogP contribution is 2.21. The van der Waals surface area contributed by atoms with Crippen molar-refractivity contribution in [3.63, 3.8) is 0 Å². The molecule has 0 unspecified atom stereocenters. The number of rotatable bonds is 7. The number of carbonyl (C=O) groups is 1. The third-order valence-electron chi connectivity index (χ3n) is 4.66. The molecule has 2 aromatic heterocycles. The maximum atomic E-state index is 12.9. The summed E-state index contributed by atoms with van der Waals surface area (Å²) in [5.41, 5.74) is 2.39. The smallest absolute Gasteiger partial charge is 0.332 e. The van der Waals surface area contributed by atoms with Gasteiger partial charge in [0, 0.05) is 12.8 Å². The second kappa shape index (κ2) is 8.53. The number of fused-ring (bicyclic) bond motifs is 1. The zero-order valence-corrected chi connectivity index (χ0v) is 17.0. The Balaban J connectivity index is 1.98. The molecule has 8 heteroatoms. The van der Waals surface area contributed by atoms with Gasteiger partial charge in [-0.25, -0.2) is 4.79 Å². The number of benzene rings is 1. The zero-order chi connectivity index (χ0) is 20.3. The Morgan fingerprint density at radius 3 is 2.71 bits per heavy atom.